The zero-order valence-electron chi connectivity index (χ0n) is 21.7. The Labute approximate surface area is 222 Å². The minimum atomic E-state index is -4.27. The van der Waals surface area contributed by atoms with Crippen LogP contribution in [0.25, 0.3) is 27.6 Å². The van der Waals surface area contributed by atoms with E-state index < -0.39 is 39.3 Å². The second-order valence-corrected chi connectivity index (χ2v) is 11.3. The summed E-state index contributed by atoms with van der Waals surface area (Å²) in [5.41, 5.74) is 3.71. The first-order valence-corrected chi connectivity index (χ1v) is 13.6. The van der Waals surface area contributed by atoms with Crippen LogP contribution in [0.1, 0.15) is 12.6 Å². The normalized spacial score (nSPS) is 22.7. The molecule has 0 amide bonds. The molecule has 2 aromatic carbocycles. The van der Waals surface area contributed by atoms with Gasteiger partial charge < -0.3 is 29.5 Å². The summed E-state index contributed by atoms with van der Waals surface area (Å²) >= 11 is 0. The maximum absolute atomic E-state index is 13.0. The smallest absolute Gasteiger partial charge is 0.251 e. The van der Waals surface area contributed by atoms with E-state index in [2.05, 4.69) is 22.9 Å². The number of aromatic nitrogens is 1. The summed E-state index contributed by atoms with van der Waals surface area (Å²) in [6.45, 7) is 0.936. The first-order valence-electron chi connectivity index (χ1n) is 12.1. The molecule has 202 valence electrons. The van der Waals surface area contributed by atoms with Crippen LogP contribution in [-0.4, -0.2) is 80.0 Å². The molecule has 0 spiro atoms. The molecule has 0 radical (unpaired) electrons. The monoisotopic (exact) mass is 540 g/mol. The van der Waals surface area contributed by atoms with Crippen LogP contribution in [-0.2, 0) is 21.8 Å². The van der Waals surface area contributed by atoms with Crippen molar-refractivity contribution >= 4 is 32.1 Å². The van der Waals surface area contributed by atoms with Crippen molar-refractivity contribution in [1.29, 1.82) is 5.26 Å². The average Bonchev–Trinajstić information content (AvgIpc) is 3.27. The fourth-order valence-electron chi connectivity index (χ4n) is 4.62. The molecule has 4 rings (SSSR count). The van der Waals surface area contributed by atoms with Crippen LogP contribution >= 0.6 is 0 Å². The molecular formula is C27H32N4O6S. The van der Waals surface area contributed by atoms with Gasteiger partial charge in [-0.1, -0.05) is 18.2 Å². The Morgan fingerprint density at radius 1 is 1.11 bits per heavy atom. The standard InChI is InChI=1S/C27H32N4O6S/c1-16(25(13-28)38(35,36)29-14-24-27(34)26(33)23(32)15-37-24)21-9-10-22(31(21)4)19-6-5-18-12-20(30(2)3)8-7-17(18)11-19/h5-12,23-24,26-27,29,32-34H,14-15H2,1-4H3. The number of ether oxygens (including phenoxy) is 1. The number of benzene rings is 2. The van der Waals surface area contributed by atoms with E-state index in [1.807, 2.05) is 54.9 Å². The molecule has 10 nitrogen and oxygen atoms in total. The van der Waals surface area contributed by atoms with Gasteiger partial charge in [-0.15, -0.1) is 0 Å². The zero-order chi connectivity index (χ0) is 27.8. The van der Waals surface area contributed by atoms with Crippen molar-refractivity contribution in [3.8, 4) is 17.3 Å². The van der Waals surface area contributed by atoms with Gasteiger partial charge in [0.2, 0.25) is 0 Å². The summed E-state index contributed by atoms with van der Waals surface area (Å²) in [5, 5.41) is 41.4. The lowest BCUT2D eigenvalue weighted by atomic mass is 10.0. The van der Waals surface area contributed by atoms with E-state index in [1.165, 1.54) is 0 Å². The highest BCUT2D eigenvalue weighted by molar-refractivity contribution is 7.93. The van der Waals surface area contributed by atoms with Crippen LogP contribution in [0.3, 0.4) is 0 Å². The SMILES string of the molecule is CC(=C(C#N)S(=O)(=O)NCC1OCC(O)C(O)C1O)c1ccc(-c2ccc3cc(N(C)C)ccc3c2)n1C. The minimum Gasteiger partial charge on any atom is -0.388 e. The molecule has 1 fully saturated rings. The number of aliphatic hydroxyl groups is 3. The average molecular weight is 541 g/mol. The van der Waals surface area contributed by atoms with E-state index in [1.54, 1.807) is 19.1 Å². The van der Waals surface area contributed by atoms with Gasteiger partial charge in [0.1, 0.15) is 24.4 Å². The summed E-state index contributed by atoms with van der Waals surface area (Å²) in [6.07, 6.45) is -5.28. The molecule has 38 heavy (non-hydrogen) atoms. The predicted octanol–water partition coefficient (Wildman–Crippen LogP) is 1.57. The van der Waals surface area contributed by atoms with Crippen molar-refractivity contribution in [3.63, 3.8) is 0 Å². The fourth-order valence-corrected chi connectivity index (χ4v) is 5.78. The lowest BCUT2D eigenvalue weighted by Crippen LogP contribution is -2.56. The third kappa shape index (κ3) is 5.33. The van der Waals surface area contributed by atoms with Crippen molar-refractivity contribution in [3.05, 3.63) is 59.1 Å². The molecule has 0 aliphatic carbocycles. The topological polar surface area (TPSA) is 148 Å². The number of fused-ring (bicyclic) bond motifs is 1. The Morgan fingerprint density at radius 3 is 2.47 bits per heavy atom. The van der Waals surface area contributed by atoms with Crippen molar-refractivity contribution in [2.45, 2.75) is 31.3 Å². The molecule has 0 saturated carbocycles. The number of nitrogens with one attached hydrogen (secondary N) is 1. The van der Waals surface area contributed by atoms with Crippen LogP contribution in [0.4, 0.5) is 5.69 Å². The summed E-state index contributed by atoms with van der Waals surface area (Å²) in [5.74, 6) is 0. The van der Waals surface area contributed by atoms with Gasteiger partial charge in [-0.25, -0.2) is 13.1 Å². The molecule has 2 heterocycles. The molecule has 0 bridgehead atoms. The number of anilines is 1. The van der Waals surface area contributed by atoms with Crippen molar-refractivity contribution < 1.29 is 28.5 Å². The minimum absolute atomic E-state index is 0.248. The van der Waals surface area contributed by atoms with E-state index in [-0.39, 0.29) is 18.7 Å². The zero-order valence-corrected chi connectivity index (χ0v) is 22.5. The fraction of sp³-hybridized carbons (Fsp3) is 0.370. The highest BCUT2D eigenvalue weighted by Crippen LogP contribution is 2.31. The van der Waals surface area contributed by atoms with Gasteiger partial charge in [0.15, 0.2) is 4.91 Å². The number of nitriles is 1. The van der Waals surface area contributed by atoms with E-state index in [0.29, 0.717) is 5.69 Å². The third-order valence-corrected chi connectivity index (χ3v) is 8.42. The van der Waals surface area contributed by atoms with Gasteiger partial charge in [-0.2, -0.15) is 5.26 Å². The van der Waals surface area contributed by atoms with Crippen molar-refractivity contribution in [2.75, 3.05) is 32.1 Å². The Balaban J connectivity index is 1.60. The highest BCUT2D eigenvalue weighted by atomic mass is 32.2. The molecule has 4 N–H and O–H groups in total. The quantitative estimate of drug-likeness (QED) is 0.330. The van der Waals surface area contributed by atoms with Crippen LogP contribution in [0, 0.1) is 11.3 Å². The molecule has 3 aromatic rings. The molecule has 11 heteroatoms. The van der Waals surface area contributed by atoms with E-state index >= 15 is 0 Å². The van der Waals surface area contributed by atoms with E-state index in [9.17, 15) is 29.0 Å². The van der Waals surface area contributed by atoms with Crippen LogP contribution < -0.4 is 9.62 Å². The Morgan fingerprint density at radius 2 is 1.79 bits per heavy atom. The third-order valence-electron chi connectivity index (χ3n) is 6.93. The Bertz CT molecular complexity index is 1520. The van der Waals surface area contributed by atoms with Gasteiger partial charge in [0.05, 0.1) is 12.7 Å². The number of nitrogens with zero attached hydrogens (tertiary/aromatic N) is 3. The number of rotatable bonds is 7. The van der Waals surface area contributed by atoms with Crippen LogP contribution in [0.15, 0.2) is 53.4 Å². The van der Waals surface area contributed by atoms with Crippen molar-refractivity contribution in [1.82, 2.24) is 9.29 Å². The summed E-state index contributed by atoms with van der Waals surface area (Å²) < 4.78 is 35.4. The molecule has 1 aliphatic rings. The second kappa shape index (κ2) is 10.9. The Kier molecular flexibility index (Phi) is 7.94. The second-order valence-electron chi connectivity index (χ2n) is 9.64. The summed E-state index contributed by atoms with van der Waals surface area (Å²) in [7, 11) is 1.52. The van der Waals surface area contributed by atoms with Gasteiger partial charge in [0, 0.05) is 50.3 Å². The molecule has 1 aromatic heterocycles. The van der Waals surface area contributed by atoms with E-state index in [0.717, 1.165) is 27.7 Å². The highest BCUT2D eigenvalue weighted by Gasteiger charge is 2.38. The number of sulfonamides is 1. The lowest BCUT2D eigenvalue weighted by molar-refractivity contribution is -0.184. The van der Waals surface area contributed by atoms with Crippen molar-refractivity contribution in [2.24, 2.45) is 7.05 Å². The molecule has 1 aliphatic heterocycles. The van der Waals surface area contributed by atoms with E-state index in [4.69, 9.17) is 4.74 Å². The first-order chi connectivity index (χ1) is 17.9. The maximum atomic E-state index is 13.0. The summed E-state index contributed by atoms with van der Waals surface area (Å²) in [6, 6.07) is 17.8. The molecule has 4 atom stereocenters. The van der Waals surface area contributed by atoms with Crippen LogP contribution in [0.2, 0.25) is 0 Å². The lowest BCUT2D eigenvalue weighted by Gasteiger charge is -2.35. The van der Waals surface area contributed by atoms with Gasteiger partial charge in [0.25, 0.3) is 10.0 Å². The van der Waals surface area contributed by atoms with Gasteiger partial charge in [-0.05, 0) is 53.6 Å². The number of hydrogen-bond donors (Lipinski definition) is 4. The number of hydrogen-bond acceptors (Lipinski definition) is 8. The molecular weight excluding hydrogens is 508 g/mol. The largest absolute Gasteiger partial charge is 0.388 e. The number of allylic oxidation sites excluding steroid dienone is 2. The van der Waals surface area contributed by atoms with Gasteiger partial charge >= 0.3 is 0 Å². The first kappa shape index (κ1) is 27.8. The Hall–Kier alpha value is -3.24. The summed E-state index contributed by atoms with van der Waals surface area (Å²) in [4.78, 5) is 1.57. The number of aliphatic hydroxyl groups excluding tert-OH is 3. The molecule has 1 saturated heterocycles. The van der Waals surface area contributed by atoms with Crippen LogP contribution in [0.5, 0.6) is 0 Å². The van der Waals surface area contributed by atoms with Gasteiger partial charge in [-0.3, -0.25) is 0 Å². The molecule has 4 unspecified atom stereocenters. The predicted molar refractivity (Wildman–Crippen MR) is 146 cm³/mol. The maximum Gasteiger partial charge on any atom is 0.251 e.